The Hall–Kier alpha value is -0.863. The lowest BCUT2D eigenvalue weighted by atomic mass is 10.1. The van der Waals surface area contributed by atoms with Gasteiger partial charge in [0.2, 0.25) is 0 Å². The maximum absolute atomic E-state index is 6.19. The van der Waals surface area contributed by atoms with Crippen molar-refractivity contribution in [3.8, 4) is 0 Å². The normalized spacial score (nSPS) is 13.0. The Kier molecular flexibility index (Phi) is 6.89. The molecule has 0 saturated heterocycles. The third kappa shape index (κ3) is 6.19. The van der Waals surface area contributed by atoms with Crippen LogP contribution in [0.3, 0.4) is 0 Å². The molecule has 0 atom stereocenters. The molecule has 1 aromatic rings. The van der Waals surface area contributed by atoms with E-state index in [2.05, 4.69) is 77.2 Å². The number of benzene rings is 1. The van der Waals surface area contributed by atoms with Crippen molar-refractivity contribution < 1.29 is 4.43 Å². The molecule has 1 aromatic carbocycles. The summed E-state index contributed by atoms with van der Waals surface area (Å²) in [6.45, 7) is 14.6. The van der Waals surface area contributed by atoms with Crippen molar-refractivity contribution in [3.05, 3.63) is 41.5 Å². The number of allylic oxidation sites excluding steroid dienone is 1. The van der Waals surface area contributed by atoms with Crippen LogP contribution >= 0.6 is 0 Å². The van der Waals surface area contributed by atoms with E-state index in [1.165, 1.54) is 17.5 Å². The van der Waals surface area contributed by atoms with E-state index >= 15 is 0 Å². The molecule has 0 fully saturated rings. The Morgan fingerprint density at radius 3 is 2.38 bits per heavy atom. The predicted octanol–water partition coefficient (Wildman–Crippen LogP) is 6.20. The van der Waals surface area contributed by atoms with Gasteiger partial charge < -0.3 is 4.43 Å². The van der Waals surface area contributed by atoms with Gasteiger partial charge >= 0.3 is 0 Å². The SMILES string of the molecule is Cc1ccccc1/C=C\CCCCO[Si](C)(C)C(C)(C)C. The molecule has 0 aliphatic carbocycles. The summed E-state index contributed by atoms with van der Waals surface area (Å²) in [6, 6.07) is 8.52. The molecule has 0 aliphatic heterocycles. The van der Waals surface area contributed by atoms with Gasteiger partial charge in [0.15, 0.2) is 8.32 Å². The molecule has 0 radical (unpaired) electrons. The number of hydrogen-bond donors (Lipinski definition) is 0. The average molecular weight is 305 g/mol. The molecule has 0 bridgehead atoms. The van der Waals surface area contributed by atoms with Gasteiger partial charge in [0, 0.05) is 6.61 Å². The first-order valence-corrected chi connectivity index (χ1v) is 11.0. The molecule has 0 saturated carbocycles. The molecule has 0 unspecified atom stereocenters. The van der Waals surface area contributed by atoms with Gasteiger partial charge in [0.25, 0.3) is 0 Å². The van der Waals surface area contributed by atoms with E-state index in [0.717, 1.165) is 19.4 Å². The van der Waals surface area contributed by atoms with Crippen LogP contribution in [0.4, 0.5) is 0 Å². The summed E-state index contributed by atoms with van der Waals surface area (Å²) in [4.78, 5) is 0. The van der Waals surface area contributed by atoms with Gasteiger partial charge in [-0.3, -0.25) is 0 Å². The van der Waals surface area contributed by atoms with Crippen molar-refractivity contribution >= 4 is 14.4 Å². The Labute approximate surface area is 132 Å². The second-order valence-corrected chi connectivity index (χ2v) is 12.2. The second-order valence-electron chi connectivity index (χ2n) is 7.36. The van der Waals surface area contributed by atoms with Crippen LogP contribution in [-0.4, -0.2) is 14.9 Å². The summed E-state index contributed by atoms with van der Waals surface area (Å²) < 4.78 is 6.19. The predicted molar refractivity (Wildman–Crippen MR) is 97.2 cm³/mol. The smallest absolute Gasteiger partial charge is 0.191 e. The first-order valence-electron chi connectivity index (χ1n) is 8.10. The van der Waals surface area contributed by atoms with Crippen molar-refractivity contribution in [2.45, 2.75) is 65.1 Å². The topological polar surface area (TPSA) is 9.23 Å². The molecule has 1 rings (SSSR count). The summed E-state index contributed by atoms with van der Waals surface area (Å²) in [7, 11) is -1.55. The zero-order valence-corrected chi connectivity index (χ0v) is 15.7. The van der Waals surface area contributed by atoms with Gasteiger partial charge in [-0.05, 0) is 55.4 Å². The van der Waals surface area contributed by atoms with Crippen molar-refractivity contribution in [2.24, 2.45) is 0 Å². The third-order valence-electron chi connectivity index (χ3n) is 4.52. The number of rotatable bonds is 7. The van der Waals surface area contributed by atoms with E-state index in [-0.39, 0.29) is 0 Å². The highest BCUT2D eigenvalue weighted by Crippen LogP contribution is 2.36. The first kappa shape index (κ1) is 18.2. The molecule has 21 heavy (non-hydrogen) atoms. The fourth-order valence-corrected chi connectivity index (χ4v) is 2.98. The Morgan fingerprint density at radius 1 is 1.10 bits per heavy atom. The molecule has 0 spiro atoms. The minimum atomic E-state index is -1.55. The van der Waals surface area contributed by atoms with E-state index in [9.17, 15) is 0 Å². The molecular formula is C19H32OSi. The van der Waals surface area contributed by atoms with Crippen molar-refractivity contribution in [1.82, 2.24) is 0 Å². The second kappa shape index (κ2) is 7.95. The van der Waals surface area contributed by atoms with Crippen LogP contribution in [0, 0.1) is 6.92 Å². The summed E-state index contributed by atoms with van der Waals surface area (Å²) in [5.41, 5.74) is 2.67. The van der Waals surface area contributed by atoms with Gasteiger partial charge in [-0.1, -0.05) is 57.2 Å². The number of hydrogen-bond acceptors (Lipinski definition) is 1. The standard InChI is InChI=1S/C19H32OSi/c1-17-13-10-11-15-18(17)14-9-7-8-12-16-20-21(5,6)19(2,3)4/h9-11,13-15H,7-8,12,16H2,1-6H3/b14-9-. The largest absolute Gasteiger partial charge is 0.417 e. The summed E-state index contributed by atoms with van der Waals surface area (Å²) in [6.07, 6.45) is 8.02. The fourth-order valence-electron chi connectivity index (χ4n) is 1.89. The maximum atomic E-state index is 6.19. The molecule has 2 heteroatoms. The highest BCUT2D eigenvalue weighted by molar-refractivity contribution is 6.74. The Bertz CT molecular complexity index is 455. The molecule has 1 nitrogen and oxygen atoms in total. The Morgan fingerprint density at radius 2 is 1.76 bits per heavy atom. The highest BCUT2D eigenvalue weighted by atomic mass is 28.4. The maximum Gasteiger partial charge on any atom is 0.191 e. The van der Waals surface area contributed by atoms with E-state index in [4.69, 9.17) is 4.43 Å². The zero-order chi connectivity index (χ0) is 15.9. The summed E-state index contributed by atoms with van der Waals surface area (Å²) in [5.74, 6) is 0. The molecule has 0 N–H and O–H groups in total. The van der Waals surface area contributed by atoms with E-state index in [1.807, 2.05) is 0 Å². The number of aryl methyl sites for hydroxylation is 1. The van der Waals surface area contributed by atoms with Gasteiger partial charge in [-0.25, -0.2) is 0 Å². The van der Waals surface area contributed by atoms with Crippen molar-refractivity contribution in [1.29, 1.82) is 0 Å². The Balaban J connectivity index is 2.23. The van der Waals surface area contributed by atoms with Crippen molar-refractivity contribution in [3.63, 3.8) is 0 Å². The van der Waals surface area contributed by atoms with Gasteiger partial charge in [0.1, 0.15) is 0 Å². The molecular weight excluding hydrogens is 272 g/mol. The third-order valence-corrected chi connectivity index (χ3v) is 9.06. The number of unbranched alkanes of at least 4 members (excludes halogenated alkanes) is 2. The molecule has 0 amide bonds. The zero-order valence-electron chi connectivity index (χ0n) is 14.7. The van der Waals surface area contributed by atoms with E-state index in [1.54, 1.807) is 0 Å². The fraction of sp³-hybridized carbons (Fsp3) is 0.579. The lowest BCUT2D eigenvalue weighted by molar-refractivity contribution is 0.279. The monoisotopic (exact) mass is 304 g/mol. The summed E-state index contributed by atoms with van der Waals surface area (Å²) >= 11 is 0. The molecule has 0 aliphatic rings. The lowest BCUT2D eigenvalue weighted by Crippen LogP contribution is -2.40. The average Bonchev–Trinajstić information content (AvgIpc) is 2.38. The van der Waals surface area contributed by atoms with Crippen LogP contribution in [-0.2, 0) is 4.43 Å². The van der Waals surface area contributed by atoms with Crippen LogP contribution in [0.2, 0.25) is 18.1 Å². The first-order chi connectivity index (χ1) is 9.74. The molecule has 118 valence electrons. The van der Waals surface area contributed by atoms with Gasteiger partial charge in [-0.2, -0.15) is 0 Å². The highest BCUT2D eigenvalue weighted by Gasteiger charge is 2.36. The minimum Gasteiger partial charge on any atom is -0.417 e. The van der Waals surface area contributed by atoms with Gasteiger partial charge in [0.05, 0.1) is 0 Å². The van der Waals surface area contributed by atoms with Crippen LogP contribution < -0.4 is 0 Å². The quantitative estimate of drug-likeness (QED) is 0.430. The van der Waals surface area contributed by atoms with Crippen LogP contribution in [0.1, 0.15) is 51.2 Å². The minimum absolute atomic E-state index is 0.317. The lowest BCUT2D eigenvalue weighted by Gasteiger charge is -2.36. The molecule has 0 heterocycles. The van der Waals surface area contributed by atoms with Gasteiger partial charge in [-0.15, -0.1) is 0 Å². The summed E-state index contributed by atoms with van der Waals surface area (Å²) in [5, 5.41) is 0.317. The van der Waals surface area contributed by atoms with E-state index < -0.39 is 8.32 Å². The van der Waals surface area contributed by atoms with Crippen LogP contribution in [0.5, 0.6) is 0 Å². The molecule has 0 aromatic heterocycles. The van der Waals surface area contributed by atoms with Crippen LogP contribution in [0.15, 0.2) is 30.3 Å². The van der Waals surface area contributed by atoms with E-state index in [0.29, 0.717) is 5.04 Å². The van der Waals surface area contributed by atoms with Crippen molar-refractivity contribution in [2.75, 3.05) is 6.61 Å². The van der Waals surface area contributed by atoms with Crippen LogP contribution in [0.25, 0.3) is 6.08 Å².